The number of benzene rings is 1. The fourth-order valence-corrected chi connectivity index (χ4v) is 3.04. The Morgan fingerprint density at radius 1 is 1.36 bits per heavy atom. The molecule has 2 aromatic rings. The summed E-state index contributed by atoms with van der Waals surface area (Å²) in [5.74, 6) is 1.10. The third-order valence-electron chi connectivity index (χ3n) is 3.64. The zero-order valence-electron chi connectivity index (χ0n) is 13.6. The van der Waals surface area contributed by atoms with Crippen molar-refractivity contribution in [1.82, 2.24) is 9.78 Å². The van der Waals surface area contributed by atoms with E-state index in [1.165, 1.54) is 4.68 Å². The van der Waals surface area contributed by atoms with E-state index in [1.54, 1.807) is 25.3 Å². The van der Waals surface area contributed by atoms with E-state index in [2.05, 4.69) is 34.9 Å². The van der Waals surface area contributed by atoms with Gasteiger partial charge >= 0.3 is 0 Å². The van der Waals surface area contributed by atoms with Crippen molar-refractivity contribution in [3.63, 3.8) is 0 Å². The van der Waals surface area contributed by atoms with Crippen molar-refractivity contribution < 1.29 is 9.53 Å². The Bertz CT molecular complexity index is 705. The van der Waals surface area contributed by atoms with E-state index >= 15 is 0 Å². The summed E-state index contributed by atoms with van der Waals surface area (Å²) in [6.07, 6.45) is 0.928. The largest absolute Gasteiger partial charge is 0.496 e. The maximum atomic E-state index is 12.7. The first-order chi connectivity index (χ1) is 10.3. The van der Waals surface area contributed by atoms with Gasteiger partial charge in [0.2, 0.25) is 0 Å². The first kappa shape index (κ1) is 16.7. The Morgan fingerprint density at radius 3 is 2.59 bits per heavy atom. The lowest BCUT2D eigenvalue weighted by atomic mass is 10.0. The molecule has 0 N–H and O–H groups in total. The van der Waals surface area contributed by atoms with E-state index < -0.39 is 0 Å². The van der Waals surface area contributed by atoms with Crippen LogP contribution in [-0.4, -0.2) is 22.8 Å². The van der Waals surface area contributed by atoms with Crippen LogP contribution >= 0.6 is 15.9 Å². The highest BCUT2D eigenvalue weighted by Crippen LogP contribution is 2.26. The number of carbonyl (C=O) groups is 1. The molecule has 0 saturated heterocycles. The molecule has 0 aliphatic heterocycles. The van der Waals surface area contributed by atoms with Crippen LogP contribution in [0.25, 0.3) is 0 Å². The number of methoxy groups -OCH3 is 1. The van der Waals surface area contributed by atoms with Gasteiger partial charge in [0, 0.05) is 11.3 Å². The summed E-state index contributed by atoms with van der Waals surface area (Å²) in [4.78, 5) is 12.7. The van der Waals surface area contributed by atoms with E-state index in [0.717, 1.165) is 27.8 Å². The van der Waals surface area contributed by atoms with E-state index in [-0.39, 0.29) is 5.91 Å². The van der Waals surface area contributed by atoms with Crippen LogP contribution in [0.5, 0.6) is 5.75 Å². The van der Waals surface area contributed by atoms with Crippen LogP contribution in [0.1, 0.15) is 41.2 Å². The van der Waals surface area contributed by atoms with Gasteiger partial charge in [-0.2, -0.15) is 5.10 Å². The minimum atomic E-state index is -0.126. The van der Waals surface area contributed by atoms with Gasteiger partial charge in [0.25, 0.3) is 5.91 Å². The Hall–Kier alpha value is -1.62. The standard InChI is InChI=1S/C17H21BrN2O2/c1-10(2)8-14-11(3)19-20(12(14)4)17(21)13-6-7-16(22-5)15(18)9-13/h6-7,9-10H,8H2,1-5H3. The van der Waals surface area contributed by atoms with Gasteiger partial charge in [0.05, 0.1) is 17.3 Å². The Kier molecular flexibility index (Phi) is 5.06. The Morgan fingerprint density at radius 2 is 2.05 bits per heavy atom. The predicted octanol–water partition coefficient (Wildman–Crippen LogP) is 4.16. The molecule has 2 rings (SSSR count). The molecular weight excluding hydrogens is 344 g/mol. The summed E-state index contributed by atoms with van der Waals surface area (Å²) in [6.45, 7) is 8.24. The summed E-state index contributed by atoms with van der Waals surface area (Å²) in [6, 6.07) is 5.29. The first-order valence-corrected chi connectivity index (χ1v) is 8.07. The highest BCUT2D eigenvalue weighted by Gasteiger charge is 2.19. The number of aromatic nitrogens is 2. The number of hydrogen-bond donors (Lipinski definition) is 0. The highest BCUT2D eigenvalue weighted by atomic mass is 79.9. The van der Waals surface area contributed by atoms with Crippen LogP contribution in [0.15, 0.2) is 22.7 Å². The number of hydrogen-bond acceptors (Lipinski definition) is 3. The molecule has 0 atom stereocenters. The summed E-state index contributed by atoms with van der Waals surface area (Å²) < 4.78 is 7.45. The lowest BCUT2D eigenvalue weighted by Crippen LogP contribution is -2.15. The molecule has 0 bridgehead atoms. The number of aryl methyl sites for hydroxylation is 1. The maximum Gasteiger partial charge on any atom is 0.278 e. The van der Waals surface area contributed by atoms with E-state index in [9.17, 15) is 4.79 Å². The van der Waals surface area contributed by atoms with Crippen LogP contribution in [0, 0.1) is 19.8 Å². The zero-order chi connectivity index (χ0) is 16.4. The second-order valence-electron chi connectivity index (χ2n) is 5.81. The zero-order valence-corrected chi connectivity index (χ0v) is 15.2. The Labute approximate surface area is 139 Å². The molecule has 0 amide bonds. The van der Waals surface area contributed by atoms with Gasteiger partial charge in [-0.05, 0) is 65.9 Å². The molecule has 118 valence electrons. The van der Waals surface area contributed by atoms with Gasteiger partial charge in [-0.15, -0.1) is 0 Å². The van der Waals surface area contributed by atoms with Crippen molar-refractivity contribution in [2.75, 3.05) is 7.11 Å². The highest BCUT2D eigenvalue weighted by molar-refractivity contribution is 9.10. The van der Waals surface area contributed by atoms with Gasteiger partial charge < -0.3 is 4.74 Å². The summed E-state index contributed by atoms with van der Waals surface area (Å²) in [5.41, 5.74) is 3.58. The molecule has 0 saturated carbocycles. The van der Waals surface area contributed by atoms with Gasteiger partial charge in [-0.1, -0.05) is 13.8 Å². The van der Waals surface area contributed by atoms with Crippen LogP contribution in [0.4, 0.5) is 0 Å². The van der Waals surface area contributed by atoms with Crippen molar-refractivity contribution in [2.24, 2.45) is 5.92 Å². The molecule has 0 radical (unpaired) electrons. The van der Waals surface area contributed by atoms with Crippen LogP contribution in [0.2, 0.25) is 0 Å². The molecule has 0 aliphatic carbocycles. The normalized spacial score (nSPS) is 11.0. The van der Waals surface area contributed by atoms with E-state index in [4.69, 9.17) is 4.74 Å². The summed E-state index contributed by atoms with van der Waals surface area (Å²) >= 11 is 3.41. The second-order valence-corrected chi connectivity index (χ2v) is 6.67. The molecule has 4 nitrogen and oxygen atoms in total. The molecule has 0 unspecified atom stereocenters. The van der Waals surface area contributed by atoms with Gasteiger partial charge in [0.1, 0.15) is 5.75 Å². The average molecular weight is 365 g/mol. The number of carbonyl (C=O) groups excluding carboxylic acids is 1. The number of halogens is 1. The fraction of sp³-hybridized carbons (Fsp3) is 0.412. The topological polar surface area (TPSA) is 44.1 Å². The molecule has 0 aliphatic rings. The first-order valence-electron chi connectivity index (χ1n) is 7.28. The minimum Gasteiger partial charge on any atom is -0.496 e. The quantitative estimate of drug-likeness (QED) is 0.817. The molecular formula is C17H21BrN2O2. The van der Waals surface area contributed by atoms with Crippen molar-refractivity contribution in [1.29, 1.82) is 0 Å². The second kappa shape index (κ2) is 6.65. The van der Waals surface area contributed by atoms with Crippen molar-refractivity contribution in [3.8, 4) is 5.75 Å². The maximum absolute atomic E-state index is 12.7. The predicted molar refractivity (Wildman–Crippen MR) is 90.7 cm³/mol. The van der Waals surface area contributed by atoms with Crippen LogP contribution in [-0.2, 0) is 6.42 Å². The summed E-state index contributed by atoms with van der Waals surface area (Å²) in [5, 5.41) is 4.43. The van der Waals surface area contributed by atoms with Crippen LogP contribution in [0.3, 0.4) is 0 Å². The van der Waals surface area contributed by atoms with Crippen molar-refractivity contribution in [3.05, 3.63) is 45.2 Å². The smallest absolute Gasteiger partial charge is 0.278 e. The number of nitrogens with zero attached hydrogens (tertiary/aromatic N) is 2. The molecule has 0 spiro atoms. The molecule has 1 aromatic heterocycles. The number of rotatable bonds is 4. The molecule has 0 fully saturated rings. The van der Waals surface area contributed by atoms with Gasteiger partial charge in [-0.25, -0.2) is 4.68 Å². The molecule has 1 heterocycles. The average Bonchev–Trinajstić information content (AvgIpc) is 2.74. The Balaban J connectivity index is 2.40. The monoisotopic (exact) mass is 364 g/mol. The van der Waals surface area contributed by atoms with E-state index in [0.29, 0.717) is 17.2 Å². The van der Waals surface area contributed by atoms with Crippen LogP contribution < -0.4 is 4.74 Å². The molecule has 1 aromatic carbocycles. The fourth-order valence-electron chi connectivity index (χ4n) is 2.50. The third-order valence-corrected chi connectivity index (χ3v) is 4.26. The lowest BCUT2D eigenvalue weighted by molar-refractivity contribution is 0.0942. The summed E-state index contributed by atoms with van der Waals surface area (Å²) in [7, 11) is 1.60. The minimum absolute atomic E-state index is 0.126. The molecule has 22 heavy (non-hydrogen) atoms. The van der Waals surface area contributed by atoms with Gasteiger partial charge in [0.15, 0.2) is 0 Å². The number of ether oxygens (including phenoxy) is 1. The lowest BCUT2D eigenvalue weighted by Gasteiger charge is -2.08. The van der Waals surface area contributed by atoms with Crippen molar-refractivity contribution in [2.45, 2.75) is 34.1 Å². The van der Waals surface area contributed by atoms with Gasteiger partial charge in [-0.3, -0.25) is 4.79 Å². The van der Waals surface area contributed by atoms with E-state index in [1.807, 2.05) is 13.8 Å². The third kappa shape index (κ3) is 3.24. The SMILES string of the molecule is COc1ccc(C(=O)n2nc(C)c(CC(C)C)c2C)cc1Br. The molecule has 5 heteroatoms. The van der Waals surface area contributed by atoms with Crippen molar-refractivity contribution >= 4 is 21.8 Å².